The molecule has 166 valence electrons. The molecule has 0 radical (unpaired) electrons. The van der Waals surface area contributed by atoms with E-state index < -0.39 is 0 Å². The molecule has 5 nitrogen and oxygen atoms in total. The molecule has 3 aromatic carbocycles. The number of amides is 1. The second kappa shape index (κ2) is 9.27. The lowest BCUT2D eigenvalue weighted by molar-refractivity contribution is 0.0983. The maximum Gasteiger partial charge on any atom is 0.263 e. The fraction of sp³-hybridized carbons (Fsp3) is 0.308. The molecule has 0 spiro atoms. The predicted octanol–water partition coefficient (Wildman–Crippen LogP) is 5.67. The van der Waals surface area contributed by atoms with Crippen molar-refractivity contribution >= 4 is 43.4 Å². The first-order chi connectivity index (χ1) is 15.4. The second-order valence-corrected chi connectivity index (χ2v) is 9.42. The molecule has 4 aromatic rings. The molecule has 32 heavy (non-hydrogen) atoms. The highest BCUT2D eigenvalue weighted by Crippen LogP contribution is 2.34. The third kappa shape index (κ3) is 4.47. The molecule has 0 aliphatic heterocycles. The van der Waals surface area contributed by atoms with E-state index in [4.69, 9.17) is 9.72 Å². The van der Waals surface area contributed by atoms with Gasteiger partial charge >= 0.3 is 0 Å². The maximum absolute atomic E-state index is 13.9. The van der Waals surface area contributed by atoms with Crippen LogP contribution in [0, 0.1) is 13.8 Å². The quantitative estimate of drug-likeness (QED) is 0.366. The molecular formula is C26H29N3O2S. The third-order valence-electron chi connectivity index (χ3n) is 5.57. The number of anilines is 1. The Morgan fingerprint density at radius 1 is 1.03 bits per heavy atom. The fourth-order valence-corrected chi connectivity index (χ4v) is 5.05. The van der Waals surface area contributed by atoms with Crippen molar-refractivity contribution in [1.29, 1.82) is 0 Å². The monoisotopic (exact) mass is 447 g/mol. The molecule has 0 unspecified atom stereocenters. The van der Waals surface area contributed by atoms with Crippen LogP contribution in [0.1, 0.15) is 27.9 Å². The van der Waals surface area contributed by atoms with Crippen LogP contribution >= 0.6 is 11.3 Å². The largest absolute Gasteiger partial charge is 0.496 e. The summed E-state index contributed by atoms with van der Waals surface area (Å²) in [7, 11) is 5.70. The summed E-state index contributed by atoms with van der Waals surface area (Å²) in [6.45, 7) is 5.65. The van der Waals surface area contributed by atoms with E-state index in [1.54, 1.807) is 18.4 Å². The number of carbonyl (C=O) groups excluding carboxylic acids is 1. The van der Waals surface area contributed by atoms with Crippen molar-refractivity contribution < 1.29 is 9.53 Å². The van der Waals surface area contributed by atoms with Gasteiger partial charge in [0.05, 0.1) is 22.9 Å². The van der Waals surface area contributed by atoms with Crippen LogP contribution in [0.3, 0.4) is 0 Å². The third-order valence-corrected chi connectivity index (χ3v) is 6.80. The average molecular weight is 448 g/mol. The normalized spacial score (nSPS) is 11.4. The van der Waals surface area contributed by atoms with E-state index in [1.807, 2.05) is 55.4 Å². The Morgan fingerprint density at radius 3 is 2.44 bits per heavy atom. The van der Waals surface area contributed by atoms with Gasteiger partial charge in [-0.2, -0.15) is 0 Å². The topological polar surface area (TPSA) is 45.7 Å². The number of aromatic nitrogens is 1. The van der Waals surface area contributed by atoms with E-state index >= 15 is 0 Å². The molecule has 0 aliphatic carbocycles. The summed E-state index contributed by atoms with van der Waals surface area (Å²) in [5.74, 6) is 0.499. The van der Waals surface area contributed by atoms with Crippen molar-refractivity contribution in [2.75, 3.05) is 39.2 Å². The van der Waals surface area contributed by atoms with Gasteiger partial charge in [-0.05, 0) is 81.0 Å². The van der Waals surface area contributed by atoms with Gasteiger partial charge < -0.3 is 9.64 Å². The smallest absolute Gasteiger partial charge is 0.263 e. The van der Waals surface area contributed by atoms with Crippen LogP contribution in [0.25, 0.3) is 21.0 Å². The number of methoxy groups -OCH3 is 1. The van der Waals surface area contributed by atoms with Gasteiger partial charge in [-0.15, -0.1) is 0 Å². The molecule has 0 saturated heterocycles. The summed E-state index contributed by atoms with van der Waals surface area (Å²) in [5.41, 5.74) is 3.86. The number of nitrogens with zero attached hydrogens (tertiary/aromatic N) is 3. The molecule has 6 heteroatoms. The van der Waals surface area contributed by atoms with Crippen molar-refractivity contribution in [3.05, 3.63) is 65.2 Å². The van der Waals surface area contributed by atoms with Crippen molar-refractivity contribution in [3.63, 3.8) is 0 Å². The fourth-order valence-electron chi connectivity index (χ4n) is 4.01. The predicted molar refractivity (Wildman–Crippen MR) is 134 cm³/mol. The van der Waals surface area contributed by atoms with Gasteiger partial charge in [0.1, 0.15) is 5.75 Å². The van der Waals surface area contributed by atoms with Gasteiger partial charge in [-0.3, -0.25) is 9.69 Å². The lowest BCUT2D eigenvalue weighted by Crippen LogP contribution is -2.33. The molecule has 1 amide bonds. The molecule has 0 atom stereocenters. The average Bonchev–Trinajstić information content (AvgIpc) is 3.19. The number of thiazole rings is 1. The summed E-state index contributed by atoms with van der Waals surface area (Å²) in [6.07, 6.45) is 0.850. The number of fused-ring (bicyclic) bond motifs is 2. The van der Waals surface area contributed by atoms with Crippen molar-refractivity contribution in [2.24, 2.45) is 0 Å². The Balaban J connectivity index is 1.79. The van der Waals surface area contributed by atoms with E-state index in [0.29, 0.717) is 17.9 Å². The number of hydrogen-bond acceptors (Lipinski definition) is 5. The highest BCUT2D eigenvalue weighted by Gasteiger charge is 2.25. The molecule has 4 rings (SSSR count). The summed E-state index contributed by atoms with van der Waals surface area (Å²) in [5, 5.41) is 2.79. The van der Waals surface area contributed by atoms with E-state index in [0.717, 1.165) is 39.1 Å². The molecule has 1 aromatic heterocycles. The lowest BCUT2D eigenvalue weighted by Gasteiger charge is -2.22. The SMILES string of the molecule is COc1cc2ccccc2cc1C(=O)N(CCCN(C)C)c1nc2cc(C)cc(C)c2s1. The van der Waals surface area contributed by atoms with Gasteiger partial charge in [0, 0.05) is 6.54 Å². The van der Waals surface area contributed by atoms with Gasteiger partial charge in [-0.1, -0.05) is 41.7 Å². The number of aryl methyl sites for hydroxylation is 2. The Hall–Kier alpha value is -2.96. The van der Waals surface area contributed by atoms with E-state index in [2.05, 4.69) is 30.9 Å². The summed E-state index contributed by atoms with van der Waals surface area (Å²) >= 11 is 1.58. The Labute approximate surface area is 193 Å². The van der Waals surface area contributed by atoms with Crippen LogP contribution in [0.15, 0.2) is 48.5 Å². The van der Waals surface area contributed by atoms with E-state index in [1.165, 1.54) is 11.1 Å². The Kier molecular flexibility index (Phi) is 6.44. The van der Waals surface area contributed by atoms with Crippen LogP contribution in [0.5, 0.6) is 5.75 Å². The van der Waals surface area contributed by atoms with E-state index in [-0.39, 0.29) is 5.91 Å². The highest BCUT2D eigenvalue weighted by atomic mass is 32.1. The molecule has 0 fully saturated rings. The lowest BCUT2D eigenvalue weighted by atomic mass is 10.0. The second-order valence-electron chi connectivity index (χ2n) is 8.44. The molecule has 0 N–H and O–H groups in total. The Bertz CT molecular complexity index is 1280. The van der Waals surface area contributed by atoms with Crippen LogP contribution in [-0.4, -0.2) is 50.1 Å². The molecular weight excluding hydrogens is 418 g/mol. The van der Waals surface area contributed by atoms with Crippen LogP contribution in [0.4, 0.5) is 5.13 Å². The van der Waals surface area contributed by atoms with Crippen LogP contribution < -0.4 is 9.64 Å². The van der Waals surface area contributed by atoms with Gasteiger partial charge in [0.25, 0.3) is 5.91 Å². The minimum absolute atomic E-state index is 0.0835. The van der Waals surface area contributed by atoms with Gasteiger partial charge in [-0.25, -0.2) is 4.98 Å². The summed E-state index contributed by atoms with van der Waals surface area (Å²) in [6, 6.07) is 16.1. The van der Waals surface area contributed by atoms with E-state index in [9.17, 15) is 4.79 Å². The number of benzene rings is 3. The van der Waals surface area contributed by atoms with Gasteiger partial charge in [0.15, 0.2) is 5.13 Å². The van der Waals surface area contributed by atoms with Crippen molar-refractivity contribution in [2.45, 2.75) is 20.3 Å². The standard InChI is InChI=1S/C26H29N3O2S/c1-17-13-18(2)24-22(14-17)27-26(32-24)29(12-8-11-28(3)4)25(30)21-15-19-9-6-7-10-20(19)16-23(21)31-5/h6-7,9-10,13-16H,8,11-12H2,1-5H3. The van der Waals surface area contributed by atoms with Crippen molar-refractivity contribution in [3.8, 4) is 5.75 Å². The van der Waals surface area contributed by atoms with Crippen LogP contribution in [0.2, 0.25) is 0 Å². The number of rotatable bonds is 7. The molecule has 1 heterocycles. The van der Waals surface area contributed by atoms with Crippen LogP contribution in [-0.2, 0) is 0 Å². The Morgan fingerprint density at radius 2 is 1.75 bits per heavy atom. The first-order valence-corrected chi connectivity index (χ1v) is 11.6. The highest BCUT2D eigenvalue weighted by molar-refractivity contribution is 7.22. The first kappa shape index (κ1) is 22.2. The maximum atomic E-state index is 13.9. The van der Waals surface area contributed by atoms with Crippen molar-refractivity contribution in [1.82, 2.24) is 9.88 Å². The minimum Gasteiger partial charge on any atom is -0.496 e. The summed E-state index contributed by atoms with van der Waals surface area (Å²) in [4.78, 5) is 22.7. The zero-order chi connectivity index (χ0) is 22.8. The zero-order valence-corrected chi connectivity index (χ0v) is 20.1. The number of hydrogen-bond donors (Lipinski definition) is 0. The zero-order valence-electron chi connectivity index (χ0n) is 19.3. The van der Waals surface area contributed by atoms with Gasteiger partial charge in [0.2, 0.25) is 0 Å². The number of ether oxygens (including phenoxy) is 1. The first-order valence-electron chi connectivity index (χ1n) is 10.8. The number of carbonyl (C=O) groups is 1. The summed E-state index contributed by atoms with van der Waals surface area (Å²) < 4.78 is 6.75. The minimum atomic E-state index is -0.0835. The molecule has 0 saturated carbocycles. The molecule has 0 bridgehead atoms. The molecule has 0 aliphatic rings.